The van der Waals surface area contributed by atoms with Crippen LogP contribution in [0.5, 0.6) is 5.75 Å². The molecule has 1 unspecified atom stereocenters. The van der Waals surface area contributed by atoms with Crippen LogP contribution in [0, 0.1) is 6.92 Å². The summed E-state index contributed by atoms with van der Waals surface area (Å²) in [5.74, 6) is 1.56. The van der Waals surface area contributed by atoms with Gasteiger partial charge >= 0.3 is 5.63 Å². The normalized spacial score (nSPS) is 18.1. The van der Waals surface area contributed by atoms with Gasteiger partial charge in [-0.25, -0.2) is 4.79 Å². The quantitative estimate of drug-likeness (QED) is 0.678. The maximum absolute atomic E-state index is 12.0. The Morgan fingerprint density at radius 1 is 1.32 bits per heavy atom. The Labute approximate surface area is 145 Å². The number of nitrogens with zero attached hydrogens (tertiary/aromatic N) is 2. The molecule has 2 aromatic heterocycles. The lowest BCUT2D eigenvalue weighted by Crippen LogP contribution is -2.23. The molecule has 25 heavy (non-hydrogen) atoms. The van der Waals surface area contributed by atoms with Crippen LogP contribution in [0.15, 0.2) is 44.1 Å². The van der Waals surface area contributed by atoms with E-state index in [-0.39, 0.29) is 11.7 Å². The number of ether oxygens (including phenoxy) is 1. The van der Waals surface area contributed by atoms with Crippen LogP contribution in [-0.4, -0.2) is 23.7 Å². The third kappa shape index (κ3) is 3.05. The van der Waals surface area contributed by atoms with E-state index in [2.05, 4.69) is 10.1 Å². The van der Waals surface area contributed by atoms with Gasteiger partial charge in [0.05, 0.1) is 18.8 Å². The first-order valence-electron chi connectivity index (χ1n) is 8.42. The van der Waals surface area contributed by atoms with Crippen LogP contribution < -0.4 is 10.4 Å². The SMILES string of the molecule is COc1ccc2c(CN3CCCC3c3cc(C)no3)cc(=O)oc2c1. The lowest BCUT2D eigenvalue weighted by Gasteiger charge is -2.22. The Balaban J connectivity index is 1.69. The van der Waals surface area contributed by atoms with E-state index in [4.69, 9.17) is 13.7 Å². The molecule has 0 amide bonds. The highest BCUT2D eigenvalue weighted by Gasteiger charge is 2.29. The van der Waals surface area contributed by atoms with E-state index in [0.29, 0.717) is 17.9 Å². The molecule has 0 saturated carbocycles. The van der Waals surface area contributed by atoms with Gasteiger partial charge in [-0.1, -0.05) is 5.16 Å². The van der Waals surface area contributed by atoms with Gasteiger partial charge in [0.2, 0.25) is 0 Å². The van der Waals surface area contributed by atoms with E-state index in [1.807, 2.05) is 25.1 Å². The molecule has 0 bridgehead atoms. The average Bonchev–Trinajstić information content (AvgIpc) is 3.22. The van der Waals surface area contributed by atoms with Crippen molar-refractivity contribution in [3.05, 3.63) is 57.8 Å². The molecule has 6 nitrogen and oxygen atoms in total. The second-order valence-electron chi connectivity index (χ2n) is 6.45. The summed E-state index contributed by atoms with van der Waals surface area (Å²) in [5.41, 5.74) is 2.05. The van der Waals surface area contributed by atoms with Crippen molar-refractivity contribution >= 4 is 11.0 Å². The van der Waals surface area contributed by atoms with Gasteiger partial charge in [-0.3, -0.25) is 4.90 Å². The highest BCUT2D eigenvalue weighted by atomic mass is 16.5. The number of fused-ring (bicyclic) bond motifs is 1. The van der Waals surface area contributed by atoms with Gasteiger partial charge in [-0.05, 0) is 44.0 Å². The molecule has 4 rings (SSSR count). The van der Waals surface area contributed by atoms with Gasteiger partial charge in [0.1, 0.15) is 11.3 Å². The summed E-state index contributed by atoms with van der Waals surface area (Å²) in [6, 6.07) is 9.34. The van der Waals surface area contributed by atoms with Crippen molar-refractivity contribution in [3.63, 3.8) is 0 Å². The van der Waals surface area contributed by atoms with Crippen molar-refractivity contribution in [2.75, 3.05) is 13.7 Å². The monoisotopic (exact) mass is 340 g/mol. The lowest BCUT2D eigenvalue weighted by atomic mass is 10.1. The molecule has 3 heterocycles. The van der Waals surface area contributed by atoms with Crippen molar-refractivity contribution in [2.45, 2.75) is 32.4 Å². The number of hydrogen-bond acceptors (Lipinski definition) is 6. The maximum Gasteiger partial charge on any atom is 0.336 e. The van der Waals surface area contributed by atoms with Crippen LogP contribution in [0.2, 0.25) is 0 Å². The predicted molar refractivity (Wildman–Crippen MR) is 92.7 cm³/mol. The Bertz CT molecular complexity index is 959. The van der Waals surface area contributed by atoms with E-state index in [9.17, 15) is 4.79 Å². The van der Waals surface area contributed by atoms with Gasteiger partial charge in [0.25, 0.3) is 0 Å². The summed E-state index contributed by atoms with van der Waals surface area (Å²) in [6.45, 7) is 3.55. The van der Waals surface area contributed by atoms with E-state index in [0.717, 1.165) is 41.8 Å². The highest BCUT2D eigenvalue weighted by Crippen LogP contribution is 2.34. The molecule has 1 aliphatic rings. The fraction of sp³-hybridized carbons (Fsp3) is 0.368. The first-order chi connectivity index (χ1) is 12.1. The summed E-state index contributed by atoms with van der Waals surface area (Å²) >= 11 is 0. The average molecular weight is 340 g/mol. The lowest BCUT2D eigenvalue weighted by molar-refractivity contribution is 0.207. The van der Waals surface area contributed by atoms with Crippen molar-refractivity contribution < 1.29 is 13.7 Å². The van der Waals surface area contributed by atoms with Gasteiger partial charge < -0.3 is 13.7 Å². The second kappa shape index (κ2) is 6.37. The van der Waals surface area contributed by atoms with Crippen molar-refractivity contribution in [1.29, 1.82) is 0 Å². The first-order valence-corrected chi connectivity index (χ1v) is 8.42. The molecule has 6 heteroatoms. The van der Waals surface area contributed by atoms with E-state index in [1.165, 1.54) is 0 Å². The summed E-state index contributed by atoms with van der Waals surface area (Å²) in [6.07, 6.45) is 2.12. The van der Waals surface area contributed by atoms with E-state index >= 15 is 0 Å². The third-order valence-electron chi connectivity index (χ3n) is 4.75. The fourth-order valence-electron chi connectivity index (χ4n) is 3.56. The summed E-state index contributed by atoms with van der Waals surface area (Å²) in [4.78, 5) is 14.3. The van der Waals surface area contributed by atoms with Crippen LogP contribution in [0.25, 0.3) is 11.0 Å². The number of hydrogen-bond donors (Lipinski definition) is 0. The summed E-state index contributed by atoms with van der Waals surface area (Å²) in [7, 11) is 1.59. The molecule has 0 aliphatic carbocycles. The molecule has 0 N–H and O–H groups in total. The van der Waals surface area contributed by atoms with Gasteiger partial charge in [0.15, 0.2) is 5.76 Å². The Kier molecular flexibility index (Phi) is 4.05. The second-order valence-corrected chi connectivity index (χ2v) is 6.45. The van der Waals surface area contributed by atoms with Crippen molar-refractivity contribution in [1.82, 2.24) is 10.1 Å². The smallest absolute Gasteiger partial charge is 0.336 e. The first kappa shape index (κ1) is 15.9. The van der Waals surface area contributed by atoms with Crippen LogP contribution in [0.1, 0.15) is 35.9 Å². The van der Waals surface area contributed by atoms with Gasteiger partial charge in [-0.15, -0.1) is 0 Å². The Morgan fingerprint density at radius 3 is 2.96 bits per heavy atom. The number of likely N-dealkylation sites (tertiary alicyclic amines) is 1. The van der Waals surface area contributed by atoms with Crippen LogP contribution in [0.4, 0.5) is 0 Å². The third-order valence-corrected chi connectivity index (χ3v) is 4.75. The zero-order valence-electron chi connectivity index (χ0n) is 14.3. The minimum absolute atomic E-state index is 0.196. The van der Waals surface area contributed by atoms with Crippen molar-refractivity contribution in [3.8, 4) is 5.75 Å². The van der Waals surface area contributed by atoms with E-state index < -0.39 is 0 Å². The Hall–Kier alpha value is -2.60. The predicted octanol–water partition coefficient (Wildman–Crippen LogP) is 3.44. The number of rotatable bonds is 4. The van der Waals surface area contributed by atoms with Crippen LogP contribution >= 0.6 is 0 Å². The molecule has 1 aromatic carbocycles. The molecular formula is C19H20N2O4. The standard InChI is InChI=1S/C19H20N2O4/c1-12-8-18(25-20-12)16-4-3-7-21(16)11-13-9-19(22)24-17-10-14(23-2)5-6-15(13)17/h5-6,8-10,16H,3-4,7,11H2,1-2H3. The molecule has 1 fully saturated rings. The van der Waals surface area contributed by atoms with Crippen molar-refractivity contribution in [2.24, 2.45) is 0 Å². The van der Waals surface area contributed by atoms with Crippen LogP contribution in [0.3, 0.4) is 0 Å². The molecule has 0 radical (unpaired) electrons. The topological polar surface area (TPSA) is 68.7 Å². The minimum atomic E-state index is -0.345. The minimum Gasteiger partial charge on any atom is -0.497 e. The van der Waals surface area contributed by atoms with Crippen LogP contribution in [-0.2, 0) is 6.54 Å². The molecule has 1 atom stereocenters. The molecule has 3 aromatic rings. The number of aromatic nitrogens is 1. The molecule has 1 saturated heterocycles. The summed E-state index contributed by atoms with van der Waals surface area (Å²) in [5, 5.41) is 4.94. The number of benzene rings is 1. The fourth-order valence-corrected chi connectivity index (χ4v) is 3.56. The highest BCUT2D eigenvalue weighted by molar-refractivity contribution is 5.81. The molecule has 0 spiro atoms. The molecule has 1 aliphatic heterocycles. The number of methoxy groups -OCH3 is 1. The Morgan fingerprint density at radius 2 is 2.20 bits per heavy atom. The largest absolute Gasteiger partial charge is 0.497 e. The molecule has 130 valence electrons. The zero-order valence-corrected chi connectivity index (χ0v) is 14.3. The van der Waals surface area contributed by atoms with Gasteiger partial charge in [-0.2, -0.15) is 0 Å². The number of aryl methyl sites for hydroxylation is 1. The molecular weight excluding hydrogens is 320 g/mol. The maximum atomic E-state index is 12.0. The summed E-state index contributed by atoms with van der Waals surface area (Å²) < 4.78 is 16.0. The van der Waals surface area contributed by atoms with Gasteiger partial charge in [0, 0.05) is 30.1 Å². The van der Waals surface area contributed by atoms with E-state index in [1.54, 1.807) is 19.2 Å². The zero-order chi connectivity index (χ0) is 17.4.